The predicted octanol–water partition coefficient (Wildman–Crippen LogP) is 4.88. The van der Waals surface area contributed by atoms with Crippen molar-refractivity contribution in [1.29, 1.82) is 0 Å². The number of halogens is 3. The van der Waals surface area contributed by atoms with Crippen LogP contribution in [0.4, 0.5) is 18.9 Å². The first-order valence-corrected chi connectivity index (χ1v) is 10.6. The van der Waals surface area contributed by atoms with Gasteiger partial charge in [0.1, 0.15) is 11.6 Å². The Balaban J connectivity index is 1.52. The van der Waals surface area contributed by atoms with Gasteiger partial charge < -0.3 is 18.9 Å². The second-order valence-corrected chi connectivity index (χ2v) is 7.84. The zero-order chi connectivity index (χ0) is 23.6. The first kappa shape index (κ1) is 22.7. The molecule has 1 aliphatic rings. The summed E-state index contributed by atoms with van der Waals surface area (Å²) in [5.74, 6) is 0.443. The number of ether oxygens (including phenoxy) is 2. The molecule has 0 bridgehead atoms. The lowest BCUT2D eigenvalue weighted by Gasteiger charge is -2.32. The van der Waals surface area contributed by atoms with Gasteiger partial charge in [-0.1, -0.05) is 24.3 Å². The van der Waals surface area contributed by atoms with E-state index >= 15 is 0 Å². The van der Waals surface area contributed by atoms with Gasteiger partial charge in [-0.25, -0.2) is 4.98 Å². The van der Waals surface area contributed by atoms with Gasteiger partial charge in [0.25, 0.3) is 0 Å². The molecule has 0 amide bonds. The SMILES string of the molecule is COC(=O)CCc1cnc2n1CCN(c1cccc(-c3ccc(OC(F)(F)F)cc3)c1C)C2. The van der Waals surface area contributed by atoms with Crippen LogP contribution >= 0.6 is 0 Å². The number of methoxy groups -OCH3 is 1. The lowest BCUT2D eigenvalue weighted by molar-refractivity contribution is -0.274. The van der Waals surface area contributed by atoms with Crippen LogP contribution in [0.15, 0.2) is 48.7 Å². The number of nitrogens with zero attached hydrogens (tertiary/aromatic N) is 3. The van der Waals surface area contributed by atoms with Gasteiger partial charge in [-0.3, -0.25) is 4.79 Å². The minimum absolute atomic E-state index is 0.242. The van der Waals surface area contributed by atoms with Crippen molar-refractivity contribution >= 4 is 11.7 Å². The summed E-state index contributed by atoms with van der Waals surface area (Å²) >= 11 is 0. The lowest BCUT2D eigenvalue weighted by Crippen LogP contribution is -2.34. The van der Waals surface area contributed by atoms with Crippen molar-refractivity contribution in [2.45, 2.75) is 39.2 Å². The van der Waals surface area contributed by atoms with Crippen molar-refractivity contribution in [3.05, 3.63) is 65.7 Å². The molecule has 0 saturated carbocycles. The minimum Gasteiger partial charge on any atom is -0.469 e. The summed E-state index contributed by atoms with van der Waals surface area (Å²) in [5, 5.41) is 0. The van der Waals surface area contributed by atoms with E-state index in [-0.39, 0.29) is 11.7 Å². The van der Waals surface area contributed by atoms with Crippen LogP contribution in [0.1, 0.15) is 23.5 Å². The number of carbonyl (C=O) groups is 1. The number of anilines is 1. The maximum Gasteiger partial charge on any atom is 0.573 e. The fourth-order valence-corrected chi connectivity index (χ4v) is 4.18. The van der Waals surface area contributed by atoms with E-state index < -0.39 is 6.36 Å². The van der Waals surface area contributed by atoms with Crippen molar-refractivity contribution in [2.24, 2.45) is 0 Å². The molecule has 0 N–H and O–H groups in total. The number of hydrogen-bond acceptors (Lipinski definition) is 5. The molecule has 4 rings (SSSR count). The lowest BCUT2D eigenvalue weighted by atomic mass is 9.98. The summed E-state index contributed by atoms with van der Waals surface area (Å²) < 4.78 is 48.1. The molecule has 9 heteroatoms. The number of aryl methyl sites for hydroxylation is 1. The number of carbonyl (C=O) groups excluding carboxylic acids is 1. The maximum absolute atomic E-state index is 12.4. The summed E-state index contributed by atoms with van der Waals surface area (Å²) in [6.45, 7) is 4.16. The Morgan fingerprint density at radius 2 is 1.88 bits per heavy atom. The van der Waals surface area contributed by atoms with Crippen LogP contribution < -0.4 is 9.64 Å². The Hall–Kier alpha value is -3.49. The fourth-order valence-electron chi connectivity index (χ4n) is 4.18. The largest absolute Gasteiger partial charge is 0.573 e. The highest BCUT2D eigenvalue weighted by molar-refractivity contribution is 5.74. The van der Waals surface area contributed by atoms with Crippen molar-refractivity contribution in [2.75, 3.05) is 18.6 Å². The average molecular weight is 459 g/mol. The number of benzene rings is 2. The topological polar surface area (TPSA) is 56.6 Å². The molecule has 0 unspecified atom stereocenters. The van der Waals surface area contributed by atoms with E-state index in [1.165, 1.54) is 19.2 Å². The van der Waals surface area contributed by atoms with E-state index in [9.17, 15) is 18.0 Å². The van der Waals surface area contributed by atoms with Crippen molar-refractivity contribution in [1.82, 2.24) is 9.55 Å². The van der Waals surface area contributed by atoms with Gasteiger partial charge in [-0.15, -0.1) is 13.2 Å². The smallest absolute Gasteiger partial charge is 0.469 e. The number of imidazole rings is 1. The van der Waals surface area contributed by atoms with Gasteiger partial charge >= 0.3 is 12.3 Å². The van der Waals surface area contributed by atoms with E-state index in [2.05, 4.69) is 19.2 Å². The molecule has 3 aromatic rings. The molecular weight excluding hydrogens is 435 g/mol. The highest BCUT2D eigenvalue weighted by Crippen LogP contribution is 2.34. The standard InChI is InChI=1S/C24H24F3N3O3/c1-16-20(17-6-9-19(10-7-17)33-24(25,26)27)4-3-5-21(16)29-12-13-30-18(8-11-23(31)32-2)14-28-22(30)15-29/h3-7,9-10,14H,8,11-13,15H2,1-2H3. The molecule has 33 heavy (non-hydrogen) atoms. The van der Waals surface area contributed by atoms with Gasteiger partial charge in [0.15, 0.2) is 0 Å². The molecule has 1 aliphatic heterocycles. The summed E-state index contributed by atoms with van der Waals surface area (Å²) in [6, 6.07) is 11.8. The summed E-state index contributed by atoms with van der Waals surface area (Å²) in [5.41, 5.74) is 4.86. The van der Waals surface area contributed by atoms with Crippen molar-refractivity contribution < 1.29 is 27.4 Å². The predicted molar refractivity (Wildman–Crippen MR) is 117 cm³/mol. The molecular formula is C24H24F3N3O3. The number of rotatable bonds is 6. The fraction of sp³-hybridized carbons (Fsp3) is 0.333. The molecule has 2 aromatic carbocycles. The van der Waals surface area contributed by atoms with Crippen LogP contribution in [0.3, 0.4) is 0 Å². The molecule has 0 saturated heterocycles. The van der Waals surface area contributed by atoms with Crippen LogP contribution in [0.5, 0.6) is 5.75 Å². The number of hydrogen-bond donors (Lipinski definition) is 0. The first-order valence-electron chi connectivity index (χ1n) is 10.6. The van der Waals surface area contributed by atoms with Crippen LogP contribution in [0.25, 0.3) is 11.1 Å². The Morgan fingerprint density at radius 1 is 1.12 bits per heavy atom. The molecule has 0 aliphatic carbocycles. The Labute approximate surface area is 189 Å². The second-order valence-electron chi connectivity index (χ2n) is 7.84. The van der Waals surface area contributed by atoms with Crippen LogP contribution in [0.2, 0.25) is 0 Å². The molecule has 0 atom stereocenters. The zero-order valence-corrected chi connectivity index (χ0v) is 18.4. The second kappa shape index (κ2) is 9.17. The molecule has 2 heterocycles. The van der Waals surface area contributed by atoms with E-state index in [1.54, 1.807) is 12.1 Å². The Bertz CT molecular complexity index is 1140. The number of fused-ring (bicyclic) bond motifs is 1. The Morgan fingerprint density at radius 3 is 2.58 bits per heavy atom. The highest BCUT2D eigenvalue weighted by atomic mass is 19.4. The number of alkyl halides is 3. The van der Waals surface area contributed by atoms with Gasteiger partial charge in [0.05, 0.1) is 20.1 Å². The molecule has 6 nitrogen and oxygen atoms in total. The van der Waals surface area contributed by atoms with Crippen molar-refractivity contribution in [3.63, 3.8) is 0 Å². The van der Waals surface area contributed by atoms with Gasteiger partial charge in [-0.2, -0.15) is 0 Å². The summed E-state index contributed by atoms with van der Waals surface area (Å²) in [4.78, 5) is 18.3. The van der Waals surface area contributed by atoms with Crippen LogP contribution in [-0.2, 0) is 29.0 Å². The molecule has 174 valence electrons. The molecule has 0 spiro atoms. The highest BCUT2D eigenvalue weighted by Gasteiger charge is 2.31. The third-order valence-corrected chi connectivity index (χ3v) is 5.80. The van der Waals surface area contributed by atoms with E-state index in [1.807, 2.05) is 31.3 Å². The van der Waals surface area contributed by atoms with E-state index in [0.29, 0.717) is 19.4 Å². The average Bonchev–Trinajstić information content (AvgIpc) is 3.19. The quantitative estimate of drug-likeness (QED) is 0.492. The van der Waals surface area contributed by atoms with Gasteiger partial charge in [0, 0.05) is 30.7 Å². The Kier molecular flexibility index (Phi) is 6.31. The summed E-state index contributed by atoms with van der Waals surface area (Å²) in [7, 11) is 1.38. The monoisotopic (exact) mass is 459 g/mol. The number of esters is 1. The van der Waals surface area contributed by atoms with Gasteiger partial charge in [-0.05, 0) is 48.2 Å². The first-order chi connectivity index (χ1) is 15.7. The maximum atomic E-state index is 12.4. The number of aromatic nitrogens is 2. The normalized spacial score (nSPS) is 13.5. The molecule has 1 aromatic heterocycles. The van der Waals surface area contributed by atoms with Crippen LogP contribution in [0, 0.1) is 6.92 Å². The molecule has 0 fully saturated rings. The van der Waals surface area contributed by atoms with Gasteiger partial charge in [0.2, 0.25) is 0 Å². The van der Waals surface area contributed by atoms with E-state index in [4.69, 9.17) is 4.74 Å². The summed E-state index contributed by atoms with van der Waals surface area (Å²) in [6.07, 6.45) is -1.99. The third-order valence-electron chi connectivity index (χ3n) is 5.80. The van der Waals surface area contributed by atoms with Crippen molar-refractivity contribution in [3.8, 4) is 16.9 Å². The third kappa shape index (κ3) is 5.13. The van der Waals surface area contributed by atoms with E-state index in [0.717, 1.165) is 47.0 Å². The molecule has 0 radical (unpaired) electrons. The zero-order valence-electron chi connectivity index (χ0n) is 18.4. The minimum atomic E-state index is -4.71. The van der Waals surface area contributed by atoms with Crippen LogP contribution in [-0.4, -0.2) is 35.5 Å².